The van der Waals surface area contributed by atoms with Gasteiger partial charge in [-0.1, -0.05) is 18.2 Å². The van der Waals surface area contributed by atoms with Crippen molar-refractivity contribution in [2.45, 2.75) is 25.7 Å². The number of aryl methyl sites for hydroxylation is 2. The van der Waals surface area contributed by atoms with Crippen LogP contribution in [0, 0.1) is 0 Å². The molecular weight excluding hydrogens is 220 g/mol. The van der Waals surface area contributed by atoms with Crippen LogP contribution in [0.3, 0.4) is 0 Å². The number of nitrogens with zero attached hydrogens (tertiary/aromatic N) is 2. The van der Waals surface area contributed by atoms with Crippen LogP contribution < -0.4 is 0 Å². The largest absolute Gasteiger partial charge is 0.261 e. The molecule has 0 amide bonds. The minimum atomic E-state index is 1.06. The third-order valence-corrected chi connectivity index (χ3v) is 3.38. The lowest BCUT2D eigenvalue weighted by atomic mass is 10.2. The molecule has 2 aromatic rings. The molecule has 0 fully saturated rings. The van der Waals surface area contributed by atoms with Gasteiger partial charge in [-0.3, -0.25) is 9.97 Å². The maximum atomic E-state index is 4.26. The lowest BCUT2D eigenvalue weighted by Gasteiger charge is -1.92. The first-order valence-electron chi connectivity index (χ1n) is 6.47. The van der Waals surface area contributed by atoms with Gasteiger partial charge >= 0.3 is 0 Å². The van der Waals surface area contributed by atoms with Gasteiger partial charge in [-0.25, -0.2) is 0 Å². The van der Waals surface area contributed by atoms with Crippen LogP contribution in [0.4, 0.5) is 0 Å². The zero-order chi connectivity index (χ0) is 12.2. The molecule has 2 aliphatic rings. The van der Waals surface area contributed by atoms with Crippen LogP contribution in [0.1, 0.15) is 28.9 Å². The number of allylic oxidation sites excluding steroid dienone is 1. The fourth-order valence-corrected chi connectivity index (χ4v) is 2.44. The minimum absolute atomic E-state index is 1.06. The van der Waals surface area contributed by atoms with Gasteiger partial charge in [-0.05, 0) is 55.0 Å². The van der Waals surface area contributed by atoms with Crippen molar-refractivity contribution in [2.75, 3.05) is 0 Å². The van der Waals surface area contributed by atoms with Crippen LogP contribution in [-0.4, -0.2) is 9.97 Å². The lowest BCUT2D eigenvalue weighted by Crippen LogP contribution is -1.83. The van der Waals surface area contributed by atoms with Gasteiger partial charge in [-0.2, -0.15) is 0 Å². The summed E-state index contributed by atoms with van der Waals surface area (Å²) >= 11 is 0. The molecule has 0 spiro atoms. The van der Waals surface area contributed by atoms with Gasteiger partial charge in [0.25, 0.3) is 0 Å². The topological polar surface area (TPSA) is 25.8 Å². The molecule has 0 aromatic carbocycles. The molecule has 0 unspecified atom stereocenters. The molecule has 0 N–H and O–H groups in total. The van der Waals surface area contributed by atoms with Crippen molar-refractivity contribution in [1.29, 1.82) is 0 Å². The second-order valence-corrected chi connectivity index (χ2v) is 4.62. The Kier molecular flexibility index (Phi) is 3.18. The van der Waals surface area contributed by atoms with Gasteiger partial charge in [0, 0.05) is 18.1 Å². The molecule has 2 aliphatic carbocycles. The highest BCUT2D eigenvalue weighted by atomic mass is 14.7. The number of hydrogen-bond acceptors (Lipinski definition) is 2. The first-order valence-corrected chi connectivity index (χ1v) is 6.47. The smallest absolute Gasteiger partial charge is 0.0661 e. The van der Waals surface area contributed by atoms with E-state index in [1.165, 1.54) is 36.1 Å². The van der Waals surface area contributed by atoms with E-state index >= 15 is 0 Å². The molecule has 0 saturated carbocycles. The van der Waals surface area contributed by atoms with Crippen LogP contribution in [-0.2, 0) is 19.3 Å². The molecular formula is C16H16N2. The highest BCUT2D eigenvalue weighted by molar-refractivity contribution is 5.55. The van der Waals surface area contributed by atoms with Gasteiger partial charge in [-0.15, -0.1) is 0 Å². The molecule has 2 aromatic heterocycles. The second kappa shape index (κ2) is 5.13. The van der Waals surface area contributed by atoms with Crippen molar-refractivity contribution in [2.24, 2.45) is 0 Å². The van der Waals surface area contributed by atoms with Gasteiger partial charge in [0.05, 0.1) is 5.69 Å². The molecule has 0 aliphatic heterocycles. The SMILES string of the molecule is C1=Cc2ncccc2C1.c1cnc2c(c1)CCC2. The summed E-state index contributed by atoms with van der Waals surface area (Å²) in [4.78, 5) is 8.43. The Labute approximate surface area is 107 Å². The summed E-state index contributed by atoms with van der Waals surface area (Å²) in [6, 6.07) is 8.29. The maximum absolute atomic E-state index is 4.26. The highest BCUT2D eigenvalue weighted by Crippen LogP contribution is 2.17. The van der Waals surface area contributed by atoms with E-state index in [9.17, 15) is 0 Å². The quantitative estimate of drug-likeness (QED) is 0.702. The van der Waals surface area contributed by atoms with E-state index in [4.69, 9.17) is 0 Å². The van der Waals surface area contributed by atoms with E-state index in [0.717, 1.165) is 12.1 Å². The molecule has 2 nitrogen and oxygen atoms in total. The Hall–Kier alpha value is -1.96. The summed E-state index contributed by atoms with van der Waals surface area (Å²) in [7, 11) is 0. The Bertz CT molecular complexity index is 542. The highest BCUT2D eigenvalue weighted by Gasteiger charge is 2.09. The van der Waals surface area contributed by atoms with Crippen molar-refractivity contribution < 1.29 is 0 Å². The average Bonchev–Trinajstić information content (AvgIpc) is 3.08. The minimum Gasteiger partial charge on any atom is -0.261 e. The third-order valence-electron chi connectivity index (χ3n) is 3.38. The summed E-state index contributed by atoms with van der Waals surface area (Å²) in [5.41, 5.74) is 5.25. The molecule has 0 saturated heterocycles. The van der Waals surface area contributed by atoms with E-state index < -0.39 is 0 Å². The third kappa shape index (κ3) is 2.33. The summed E-state index contributed by atoms with van der Waals surface area (Å²) in [6.07, 6.45) is 12.7. The van der Waals surface area contributed by atoms with E-state index in [2.05, 4.69) is 34.3 Å². The predicted molar refractivity (Wildman–Crippen MR) is 73.2 cm³/mol. The van der Waals surface area contributed by atoms with Crippen molar-refractivity contribution in [3.05, 3.63) is 65.2 Å². The molecule has 0 radical (unpaired) electrons. The number of pyridine rings is 2. The first kappa shape index (κ1) is 11.1. The van der Waals surface area contributed by atoms with E-state index in [1.807, 2.05) is 24.5 Å². The zero-order valence-corrected chi connectivity index (χ0v) is 10.3. The Morgan fingerprint density at radius 3 is 2.56 bits per heavy atom. The van der Waals surface area contributed by atoms with E-state index in [1.54, 1.807) is 0 Å². The molecule has 18 heavy (non-hydrogen) atoms. The van der Waals surface area contributed by atoms with Crippen LogP contribution in [0.2, 0.25) is 0 Å². The molecule has 90 valence electrons. The Balaban J connectivity index is 0.000000111. The van der Waals surface area contributed by atoms with Crippen LogP contribution >= 0.6 is 0 Å². The van der Waals surface area contributed by atoms with E-state index in [0.29, 0.717) is 0 Å². The van der Waals surface area contributed by atoms with Gasteiger partial charge in [0.1, 0.15) is 0 Å². The predicted octanol–water partition coefficient (Wildman–Crippen LogP) is 3.22. The monoisotopic (exact) mass is 236 g/mol. The lowest BCUT2D eigenvalue weighted by molar-refractivity contribution is 0.899. The second-order valence-electron chi connectivity index (χ2n) is 4.62. The Morgan fingerprint density at radius 1 is 0.889 bits per heavy atom. The summed E-state index contributed by atoms with van der Waals surface area (Å²) in [6.45, 7) is 0. The number of hydrogen-bond donors (Lipinski definition) is 0. The summed E-state index contributed by atoms with van der Waals surface area (Å²) < 4.78 is 0. The molecule has 0 bridgehead atoms. The molecule has 4 rings (SSSR count). The normalized spacial score (nSPS) is 14.7. The van der Waals surface area contributed by atoms with Crippen molar-refractivity contribution in [3.8, 4) is 0 Å². The molecule has 0 atom stereocenters. The van der Waals surface area contributed by atoms with Crippen molar-refractivity contribution in [1.82, 2.24) is 9.97 Å². The van der Waals surface area contributed by atoms with Crippen molar-refractivity contribution in [3.63, 3.8) is 0 Å². The number of aromatic nitrogens is 2. The molecule has 2 heterocycles. The van der Waals surface area contributed by atoms with Gasteiger partial charge in [0.2, 0.25) is 0 Å². The maximum Gasteiger partial charge on any atom is 0.0661 e. The van der Waals surface area contributed by atoms with Gasteiger partial charge < -0.3 is 0 Å². The average molecular weight is 236 g/mol. The fourth-order valence-electron chi connectivity index (χ4n) is 2.44. The molecule has 2 heteroatoms. The zero-order valence-electron chi connectivity index (χ0n) is 10.3. The first-order chi connectivity index (χ1) is 8.93. The number of rotatable bonds is 0. The summed E-state index contributed by atoms with van der Waals surface area (Å²) in [5, 5.41) is 0. The van der Waals surface area contributed by atoms with Gasteiger partial charge in [0.15, 0.2) is 0 Å². The van der Waals surface area contributed by atoms with E-state index in [-0.39, 0.29) is 0 Å². The summed E-state index contributed by atoms with van der Waals surface area (Å²) in [5.74, 6) is 0. The van der Waals surface area contributed by atoms with Crippen LogP contribution in [0.5, 0.6) is 0 Å². The van der Waals surface area contributed by atoms with Crippen LogP contribution in [0.25, 0.3) is 6.08 Å². The van der Waals surface area contributed by atoms with Crippen molar-refractivity contribution >= 4 is 6.08 Å². The van der Waals surface area contributed by atoms with Crippen LogP contribution in [0.15, 0.2) is 42.7 Å². The number of fused-ring (bicyclic) bond motifs is 2. The standard InChI is InChI=1S/C8H9N.C8H7N/c2*1-3-7-4-2-6-9-8(7)5-1/h2,4,6H,1,3,5H2;1-2,4-6H,3H2. The fraction of sp³-hybridized carbons (Fsp3) is 0.250. The Morgan fingerprint density at radius 2 is 1.72 bits per heavy atom.